The molecule has 0 aromatic heterocycles. The summed E-state index contributed by atoms with van der Waals surface area (Å²) in [6, 6.07) is 5.64. The Morgan fingerprint density at radius 3 is 2.80 bits per heavy atom. The van der Waals surface area contributed by atoms with Crippen molar-refractivity contribution in [2.45, 2.75) is 12.6 Å². The van der Waals surface area contributed by atoms with Crippen molar-refractivity contribution >= 4 is 15.9 Å². The van der Waals surface area contributed by atoms with Crippen LogP contribution in [0.1, 0.15) is 5.56 Å². The van der Waals surface area contributed by atoms with E-state index >= 15 is 0 Å². The maximum atomic E-state index is 13.5. The first-order valence-corrected chi connectivity index (χ1v) is 5.81. The van der Waals surface area contributed by atoms with Crippen LogP contribution in [-0.2, 0) is 6.54 Å². The summed E-state index contributed by atoms with van der Waals surface area (Å²) >= 11 is 3.38. The van der Waals surface area contributed by atoms with Gasteiger partial charge in [-0.15, -0.1) is 0 Å². The van der Waals surface area contributed by atoms with Crippen LogP contribution in [0.5, 0.6) is 0 Å². The molecule has 0 spiro atoms. The molecule has 0 unspecified atom stereocenters. The van der Waals surface area contributed by atoms with E-state index in [1.165, 1.54) is 6.07 Å². The zero-order chi connectivity index (χ0) is 10.8. The molecule has 1 aromatic carbocycles. The zero-order valence-corrected chi connectivity index (χ0v) is 10.2. The van der Waals surface area contributed by atoms with Crippen molar-refractivity contribution < 1.29 is 4.39 Å². The first-order chi connectivity index (χ1) is 7.18. The smallest absolute Gasteiger partial charge is 0.128 e. The first-order valence-electron chi connectivity index (χ1n) is 5.02. The predicted octanol–water partition coefficient (Wildman–Crippen LogP) is 1.99. The molecule has 0 amide bonds. The van der Waals surface area contributed by atoms with Crippen molar-refractivity contribution in [3.8, 4) is 0 Å². The number of nitrogens with zero attached hydrogens (tertiary/aromatic N) is 1. The highest BCUT2D eigenvalue weighted by Crippen LogP contribution is 2.21. The molecule has 0 atom stereocenters. The van der Waals surface area contributed by atoms with Crippen molar-refractivity contribution in [1.82, 2.24) is 10.2 Å². The highest BCUT2D eigenvalue weighted by molar-refractivity contribution is 9.10. The molecule has 0 radical (unpaired) electrons. The summed E-state index contributed by atoms with van der Waals surface area (Å²) in [6.07, 6.45) is 0. The summed E-state index contributed by atoms with van der Waals surface area (Å²) in [6.45, 7) is 2.66. The summed E-state index contributed by atoms with van der Waals surface area (Å²) in [5, 5.41) is 3.21. The van der Waals surface area contributed by atoms with Gasteiger partial charge in [0.2, 0.25) is 0 Å². The van der Waals surface area contributed by atoms with E-state index in [1.807, 2.05) is 13.1 Å². The van der Waals surface area contributed by atoms with Crippen molar-refractivity contribution in [3.05, 3.63) is 34.1 Å². The van der Waals surface area contributed by atoms with E-state index in [9.17, 15) is 4.39 Å². The molecule has 1 fully saturated rings. The Kier molecular flexibility index (Phi) is 3.38. The fourth-order valence-electron chi connectivity index (χ4n) is 1.65. The molecule has 1 saturated heterocycles. The van der Waals surface area contributed by atoms with E-state index in [0.29, 0.717) is 12.6 Å². The van der Waals surface area contributed by atoms with Crippen molar-refractivity contribution in [1.29, 1.82) is 0 Å². The molecule has 0 saturated carbocycles. The molecular formula is C11H14BrFN2. The molecule has 2 rings (SSSR count). The van der Waals surface area contributed by atoms with Crippen LogP contribution in [-0.4, -0.2) is 31.1 Å². The molecule has 2 nitrogen and oxygen atoms in total. The third kappa shape index (κ3) is 2.38. The molecule has 15 heavy (non-hydrogen) atoms. The second kappa shape index (κ2) is 4.60. The average Bonchev–Trinajstić information content (AvgIpc) is 2.08. The molecule has 4 heteroatoms. The zero-order valence-electron chi connectivity index (χ0n) is 8.63. The topological polar surface area (TPSA) is 15.3 Å². The van der Waals surface area contributed by atoms with E-state index in [-0.39, 0.29) is 5.82 Å². The number of hydrogen-bond acceptors (Lipinski definition) is 2. The summed E-state index contributed by atoms with van der Waals surface area (Å²) in [7, 11) is 2.03. The van der Waals surface area contributed by atoms with E-state index in [2.05, 4.69) is 26.1 Å². The highest BCUT2D eigenvalue weighted by Gasteiger charge is 2.22. The normalized spacial score (nSPS) is 16.8. The second-order valence-electron chi connectivity index (χ2n) is 3.93. The van der Waals surface area contributed by atoms with E-state index in [0.717, 1.165) is 23.1 Å². The van der Waals surface area contributed by atoms with Crippen LogP contribution >= 0.6 is 15.9 Å². The van der Waals surface area contributed by atoms with Gasteiger partial charge in [-0.05, 0) is 19.2 Å². The molecule has 1 aliphatic rings. The highest BCUT2D eigenvalue weighted by atomic mass is 79.9. The van der Waals surface area contributed by atoms with Crippen LogP contribution in [0, 0.1) is 5.82 Å². The maximum absolute atomic E-state index is 13.5. The third-order valence-corrected chi connectivity index (χ3v) is 3.60. The van der Waals surface area contributed by atoms with Crippen LogP contribution < -0.4 is 5.32 Å². The molecule has 1 aliphatic heterocycles. The van der Waals surface area contributed by atoms with E-state index in [4.69, 9.17) is 0 Å². The Balaban J connectivity index is 2.09. The number of likely N-dealkylation sites (N-methyl/N-ethyl adjacent to an activating group) is 1. The average molecular weight is 273 g/mol. The summed E-state index contributed by atoms with van der Waals surface area (Å²) < 4.78 is 14.4. The number of rotatable bonds is 3. The number of hydrogen-bond donors (Lipinski definition) is 1. The molecule has 0 bridgehead atoms. The van der Waals surface area contributed by atoms with Gasteiger partial charge in [-0.25, -0.2) is 4.39 Å². The summed E-state index contributed by atoms with van der Waals surface area (Å²) in [5.41, 5.74) is 0.743. The van der Waals surface area contributed by atoms with Crippen molar-refractivity contribution in [2.24, 2.45) is 0 Å². The Bertz CT molecular complexity index is 332. The van der Waals surface area contributed by atoms with Gasteiger partial charge in [0.25, 0.3) is 0 Å². The number of nitrogens with one attached hydrogen (secondary N) is 1. The van der Waals surface area contributed by atoms with Gasteiger partial charge in [0.1, 0.15) is 5.82 Å². The second-order valence-corrected chi connectivity index (χ2v) is 4.78. The molecular weight excluding hydrogens is 259 g/mol. The van der Waals surface area contributed by atoms with Gasteiger partial charge in [0.15, 0.2) is 0 Å². The van der Waals surface area contributed by atoms with Crippen LogP contribution in [0.25, 0.3) is 0 Å². The lowest BCUT2D eigenvalue weighted by Crippen LogP contribution is -2.55. The predicted molar refractivity (Wildman–Crippen MR) is 62.2 cm³/mol. The van der Waals surface area contributed by atoms with Gasteiger partial charge < -0.3 is 5.32 Å². The lowest BCUT2D eigenvalue weighted by atomic mass is 10.1. The van der Waals surface area contributed by atoms with Gasteiger partial charge in [0.05, 0.1) is 0 Å². The molecule has 0 aliphatic carbocycles. The van der Waals surface area contributed by atoms with Crippen LogP contribution in [0.2, 0.25) is 0 Å². The summed E-state index contributed by atoms with van der Waals surface area (Å²) in [5.74, 6) is -0.136. The molecule has 82 valence electrons. The van der Waals surface area contributed by atoms with Crippen LogP contribution in [0.3, 0.4) is 0 Å². The van der Waals surface area contributed by atoms with Crippen molar-refractivity contribution in [3.63, 3.8) is 0 Å². The Morgan fingerprint density at radius 1 is 1.53 bits per heavy atom. The Hall–Kier alpha value is -0.450. The van der Waals surface area contributed by atoms with Crippen LogP contribution in [0.4, 0.5) is 4.39 Å². The van der Waals surface area contributed by atoms with E-state index < -0.39 is 0 Å². The van der Waals surface area contributed by atoms with Gasteiger partial charge >= 0.3 is 0 Å². The fraction of sp³-hybridized carbons (Fsp3) is 0.455. The van der Waals surface area contributed by atoms with E-state index in [1.54, 1.807) is 6.07 Å². The molecule has 1 heterocycles. The minimum Gasteiger partial charge on any atom is -0.314 e. The maximum Gasteiger partial charge on any atom is 0.128 e. The lowest BCUT2D eigenvalue weighted by Gasteiger charge is -2.35. The summed E-state index contributed by atoms with van der Waals surface area (Å²) in [4.78, 5) is 2.18. The third-order valence-electron chi connectivity index (χ3n) is 2.85. The van der Waals surface area contributed by atoms with Gasteiger partial charge in [0, 0.05) is 35.7 Å². The van der Waals surface area contributed by atoms with Gasteiger partial charge in [-0.2, -0.15) is 0 Å². The SMILES string of the molecule is CN(Cc1c(F)cccc1Br)C1CNC1. The number of benzene rings is 1. The van der Waals surface area contributed by atoms with Gasteiger partial charge in [-0.3, -0.25) is 4.90 Å². The quantitative estimate of drug-likeness (QED) is 0.906. The lowest BCUT2D eigenvalue weighted by molar-refractivity contribution is 0.171. The Morgan fingerprint density at radius 2 is 2.27 bits per heavy atom. The standard InChI is InChI=1S/C11H14BrFN2/c1-15(8-5-14-6-8)7-9-10(12)3-2-4-11(9)13/h2-4,8,14H,5-7H2,1H3. The fourth-order valence-corrected chi connectivity index (χ4v) is 2.11. The minimum absolute atomic E-state index is 0.136. The molecule has 1 N–H and O–H groups in total. The Labute approximate surface area is 97.6 Å². The largest absolute Gasteiger partial charge is 0.314 e. The van der Waals surface area contributed by atoms with Crippen molar-refractivity contribution in [2.75, 3.05) is 20.1 Å². The van der Waals surface area contributed by atoms with Crippen LogP contribution in [0.15, 0.2) is 22.7 Å². The first kappa shape index (κ1) is 11.0. The number of halogens is 2. The van der Waals surface area contributed by atoms with Gasteiger partial charge in [-0.1, -0.05) is 22.0 Å². The minimum atomic E-state index is -0.136. The monoisotopic (exact) mass is 272 g/mol. The molecule has 1 aromatic rings.